The summed E-state index contributed by atoms with van der Waals surface area (Å²) in [5.41, 5.74) is 1.10. The fraction of sp³-hybridized carbons (Fsp3) is 0.300. The lowest BCUT2D eigenvalue weighted by atomic mass is 9.83. The third-order valence-corrected chi connectivity index (χ3v) is 5.25. The molecule has 2 heterocycles. The fourth-order valence-electron chi connectivity index (χ4n) is 3.04. The van der Waals surface area contributed by atoms with E-state index in [1.807, 2.05) is 48.7 Å². The summed E-state index contributed by atoms with van der Waals surface area (Å²) < 4.78 is 0. The minimum absolute atomic E-state index is 0.184. The highest BCUT2D eigenvalue weighted by molar-refractivity contribution is 7.10. The lowest BCUT2D eigenvalue weighted by Crippen LogP contribution is -2.32. The van der Waals surface area contributed by atoms with Gasteiger partial charge in [-0.25, -0.2) is 0 Å². The quantitative estimate of drug-likeness (QED) is 0.877. The number of anilines is 1. The third-order valence-electron chi connectivity index (χ3n) is 4.32. The Balaban J connectivity index is 2.21. The highest BCUT2D eigenvalue weighted by Crippen LogP contribution is 2.45. The molecule has 0 bridgehead atoms. The number of ketones is 1. The van der Waals surface area contributed by atoms with E-state index in [1.165, 1.54) is 16.2 Å². The van der Waals surface area contributed by atoms with Gasteiger partial charge in [0.15, 0.2) is 11.5 Å². The highest BCUT2D eigenvalue weighted by Gasteiger charge is 2.47. The topological polar surface area (TPSA) is 57.6 Å². The number of aryl methyl sites for hydroxylation is 1. The van der Waals surface area contributed by atoms with Crippen LogP contribution in [0, 0.1) is 12.3 Å². The summed E-state index contributed by atoms with van der Waals surface area (Å²) in [6.07, 6.45) is 0. The van der Waals surface area contributed by atoms with Crippen molar-refractivity contribution in [2.75, 3.05) is 4.90 Å². The van der Waals surface area contributed by atoms with Crippen molar-refractivity contribution in [1.82, 2.24) is 0 Å². The van der Waals surface area contributed by atoms with Gasteiger partial charge in [0.25, 0.3) is 5.91 Å². The predicted octanol–water partition coefficient (Wildman–Crippen LogP) is 4.57. The van der Waals surface area contributed by atoms with E-state index in [4.69, 9.17) is 0 Å². The van der Waals surface area contributed by atoms with Crippen LogP contribution in [0.4, 0.5) is 5.69 Å². The number of aliphatic hydroxyl groups is 1. The van der Waals surface area contributed by atoms with Crippen LogP contribution in [-0.4, -0.2) is 16.8 Å². The normalized spacial score (nSPS) is 18.2. The first-order chi connectivity index (χ1) is 11.7. The lowest BCUT2D eigenvalue weighted by molar-refractivity contribution is -0.123. The van der Waals surface area contributed by atoms with Crippen LogP contribution in [0.3, 0.4) is 0 Å². The number of hydrogen-bond acceptors (Lipinski definition) is 4. The number of hydrogen-bond donors (Lipinski definition) is 1. The second kappa shape index (κ2) is 6.15. The van der Waals surface area contributed by atoms with Crippen LogP contribution in [0.5, 0.6) is 0 Å². The lowest BCUT2D eigenvalue weighted by Gasteiger charge is -2.28. The van der Waals surface area contributed by atoms with Crippen LogP contribution >= 0.6 is 11.3 Å². The molecule has 1 aromatic carbocycles. The first-order valence-corrected chi connectivity index (χ1v) is 9.02. The summed E-state index contributed by atoms with van der Waals surface area (Å²) in [5.74, 6) is -1.19. The highest BCUT2D eigenvalue weighted by atomic mass is 32.1. The Morgan fingerprint density at radius 1 is 1.16 bits per heavy atom. The van der Waals surface area contributed by atoms with Crippen molar-refractivity contribution in [3.8, 4) is 0 Å². The molecule has 25 heavy (non-hydrogen) atoms. The number of para-hydroxylation sites is 1. The van der Waals surface area contributed by atoms with E-state index < -0.39 is 23.1 Å². The summed E-state index contributed by atoms with van der Waals surface area (Å²) >= 11 is 1.47. The van der Waals surface area contributed by atoms with E-state index in [9.17, 15) is 14.7 Å². The molecular weight excluding hydrogens is 334 g/mol. The van der Waals surface area contributed by atoms with E-state index >= 15 is 0 Å². The molecular formula is C20H21NO3S. The largest absolute Gasteiger partial charge is 0.503 e. The molecule has 130 valence electrons. The number of carbonyl (C=O) groups excluding carboxylic acids is 2. The van der Waals surface area contributed by atoms with Crippen molar-refractivity contribution >= 4 is 28.7 Å². The monoisotopic (exact) mass is 355 g/mol. The van der Waals surface area contributed by atoms with Crippen LogP contribution < -0.4 is 4.90 Å². The fourth-order valence-corrected chi connectivity index (χ4v) is 3.86. The van der Waals surface area contributed by atoms with Crippen LogP contribution in [0.2, 0.25) is 0 Å². The molecule has 5 heteroatoms. The van der Waals surface area contributed by atoms with E-state index in [0.29, 0.717) is 5.69 Å². The average Bonchev–Trinajstić information content (AvgIpc) is 3.15. The van der Waals surface area contributed by atoms with Gasteiger partial charge in [-0.2, -0.15) is 0 Å². The smallest absolute Gasteiger partial charge is 0.294 e. The van der Waals surface area contributed by atoms with Crippen molar-refractivity contribution in [3.63, 3.8) is 0 Å². The second-order valence-corrected chi connectivity index (χ2v) is 8.20. The number of Topliss-reactive ketones (excluding diaryl/α,β-unsaturated/α-hetero) is 1. The Kier molecular flexibility index (Phi) is 4.29. The van der Waals surface area contributed by atoms with Gasteiger partial charge in [-0.1, -0.05) is 45.0 Å². The molecule has 1 aliphatic rings. The van der Waals surface area contributed by atoms with Crippen molar-refractivity contribution in [2.24, 2.45) is 5.41 Å². The zero-order valence-electron chi connectivity index (χ0n) is 14.7. The molecule has 3 rings (SSSR count). The molecule has 0 aliphatic carbocycles. The average molecular weight is 355 g/mol. The van der Waals surface area contributed by atoms with E-state index in [2.05, 4.69) is 0 Å². The van der Waals surface area contributed by atoms with E-state index in [-0.39, 0.29) is 11.4 Å². The Bertz CT molecular complexity index is 859. The molecule has 0 fully saturated rings. The number of aliphatic hydroxyl groups excluding tert-OH is 1. The van der Waals surface area contributed by atoms with Crippen LogP contribution in [0.1, 0.15) is 37.3 Å². The second-order valence-electron chi connectivity index (χ2n) is 7.22. The number of thiophene rings is 1. The van der Waals surface area contributed by atoms with Gasteiger partial charge < -0.3 is 5.11 Å². The van der Waals surface area contributed by atoms with Gasteiger partial charge in [-0.05, 0) is 30.0 Å². The first-order valence-electron chi connectivity index (χ1n) is 8.14. The minimum atomic E-state index is -0.694. The van der Waals surface area contributed by atoms with Gasteiger partial charge in [0, 0.05) is 16.0 Å². The van der Waals surface area contributed by atoms with Gasteiger partial charge >= 0.3 is 0 Å². The Hall–Kier alpha value is -2.40. The van der Waals surface area contributed by atoms with Crippen molar-refractivity contribution in [2.45, 2.75) is 33.7 Å². The number of amides is 1. The molecule has 0 radical (unpaired) electrons. The maximum atomic E-state index is 13.0. The van der Waals surface area contributed by atoms with E-state index in [1.54, 1.807) is 20.8 Å². The predicted molar refractivity (Wildman–Crippen MR) is 99.8 cm³/mol. The van der Waals surface area contributed by atoms with Crippen molar-refractivity contribution in [3.05, 3.63) is 63.6 Å². The summed E-state index contributed by atoms with van der Waals surface area (Å²) in [6, 6.07) is 10.7. The van der Waals surface area contributed by atoms with Gasteiger partial charge in [0.05, 0.1) is 5.57 Å². The SMILES string of the molecule is Cc1ccccc1N1C(=O)C(O)=C(C(=O)C(C)(C)C)C1c1cccs1. The molecule has 1 aliphatic heterocycles. The molecule has 1 atom stereocenters. The van der Waals surface area contributed by atoms with Gasteiger partial charge in [-0.3, -0.25) is 14.5 Å². The van der Waals surface area contributed by atoms with Crippen molar-refractivity contribution in [1.29, 1.82) is 0 Å². The van der Waals surface area contributed by atoms with E-state index in [0.717, 1.165) is 10.4 Å². The summed E-state index contributed by atoms with van der Waals surface area (Å²) in [6.45, 7) is 7.29. The molecule has 1 amide bonds. The van der Waals surface area contributed by atoms with Crippen LogP contribution in [-0.2, 0) is 9.59 Å². The molecule has 1 N–H and O–H groups in total. The molecule has 1 aromatic heterocycles. The van der Waals surface area contributed by atoms with Gasteiger partial charge in [0.1, 0.15) is 6.04 Å². The maximum absolute atomic E-state index is 13.0. The molecule has 0 saturated carbocycles. The Morgan fingerprint density at radius 3 is 2.40 bits per heavy atom. The number of rotatable bonds is 3. The first kappa shape index (κ1) is 17.4. The maximum Gasteiger partial charge on any atom is 0.294 e. The number of benzene rings is 1. The van der Waals surface area contributed by atoms with Crippen LogP contribution in [0.15, 0.2) is 53.1 Å². The van der Waals surface area contributed by atoms with Crippen molar-refractivity contribution < 1.29 is 14.7 Å². The number of carbonyl (C=O) groups is 2. The zero-order valence-corrected chi connectivity index (χ0v) is 15.6. The van der Waals surface area contributed by atoms with Crippen LogP contribution in [0.25, 0.3) is 0 Å². The Morgan fingerprint density at radius 2 is 1.84 bits per heavy atom. The molecule has 2 aromatic rings. The minimum Gasteiger partial charge on any atom is -0.503 e. The standard InChI is InChI=1S/C20H21NO3S/c1-12-8-5-6-9-13(12)21-16(14-10-7-11-25-14)15(17(22)19(21)24)18(23)20(2,3)4/h5-11,16,22H,1-4H3. The molecule has 0 saturated heterocycles. The molecule has 4 nitrogen and oxygen atoms in total. The van der Waals surface area contributed by atoms with Gasteiger partial charge in [0.2, 0.25) is 0 Å². The number of nitrogens with zero attached hydrogens (tertiary/aromatic N) is 1. The zero-order chi connectivity index (χ0) is 18.4. The molecule has 0 spiro atoms. The molecule has 1 unspecified atom stereocenters. The Labute approximate surface area is 151 Å². The third kappa shape index (κ3) is 2.89. The van der Waals surface area contributed by atoms with Gasteiger partial charge in [-0.15, -0.1) is 11.3 Å². The summed E-state index contributed by atoms with van der Waals surface area (Å²) in [7, 11) is 0. The summed E-state index contributed by atoms with van der Waals surface area (Å²) in [5, 5.41) is 12.5. The summed E-state index contributed by atoms with van der Waals surface area (Å²) in [4.78, 5) is 28.3.